The first-order valence-electron chi connectivity index (χ1n) is 6.55. The zero-order valence-corrected chi connectivity index (χ0v) is 11.9. The topological polar surface area (TPSA) is 41.5 Å². The van der Waals surface area contributed by atoms with Gasteiger partial charge >= 0.3 is 0 Å². The SMILES string of the molecule is COc1cc(C(C)NCc2ccc(F)cc2F)ccc1O. The quantitative estimate of drug-likeness (QED) is 0.886. The first-order chi connectivity index (χ1) is 10.0. The first-order valence-corrected chi connectivity index (χ1v) is 6.55. The number of hydrogen-bond acceptors (Lipinski definition) is 3. The molecule has 2 aromatic rings. The fourth-order valence-corrected chi connectivity index (χ4v) is 2.01. The summed E-state index contributed by atoms with van der Waals surface area (Å²) < 4.78 is 31.4. The van der Waals surface area contributed by atoms with Crippen LogP contribution in [-0.2, 0) is 6.54 Å². The lowest BCUT2D eigenvalue weighted by molar-refractivity contribution is 0.372. The first kappa shape index (κ1) is 15.3. The number of phenols is 1. The second-order valence-corrected chi connectivity index (χ2v) is 4.77. The number of ether oxygens (including phenoxy) is 1. The Kier molecular flexibility index (Phi) is 4.75. The minimum absolute atomic E-state index is 0.0676. The van der Waals surface area contributed by atoms with Gasteiger partial charge in [-0.25, -0.2) is 8.78 Å². The van der Waals surface area contributed by atoms with Gasteiger partial charge in [-0.1, -0.05) is 12.1 Å². The van der Waals surface area contributed by atoms with Crippen molar-refractivity contribution in [2.45, 2.75) is 19.5 Å². The highest BCUT2D eigenvalue weighted by Gasteiger charge is 2.10. The smallest absolute Gasteiger partial charge is 0.160 e. The molecule has 0 heterocycles. The van der Waals surface area contributed by atoms with E-state index in [0.29, 0.717) is 11.3 Å². The van der Waals surface area contributed by atoms with E-state index < -0.39 is 11.6 Å². The van der Waals surface area contributed by atoms with Crippen LogP contribution in [0.15, 0.2) is 36.4 Å². The lowest BCUT2D eigenvalue weighted by Gasteiger charge is -2.16. The Morgan fingerprint density at radius 3 is 2.62 bits per heavy atom. The Morgan fingerprint density at radius 1 is 1.19 bits per heavy atom. The minimum Gasteiger partial charge on any atom is -0.504 e. The monoisotopic (exact) mass is 293 g/mol. The third kappa shape index (κ3) is 3.70. The summed E-state index contributed by atoms with van der Waals surface area (Å²) in [4.78, 5) is 0. The van der Waals surface area contributed by atoms with Gasteiger partial charge in [0, 0.05) is 24.2 Å². The van der Waals surface area contributed by atoms with Crippen molar-refractivity contribution in [1.82, 2.24) is 5.32 Å². The van der Waals surface area contributed by atoms with E-state index in [1.54, 1.807) is 18.2 Å². The van der Waals surface area contributed by atoms with Gasteiger partial charge in [-0.2, -0.15) is 0 Å². The molecule has 0 fully saturated rings. The summed E-state index contributed by atoms with van der Waals surface area (Å²) in [6.07, 6.45) is 0. The second kappa shape index (κ2) is 6.54. The lowest BCUT2D eigenvalue weighted by atomic mass is 10.1. The van der Waals surface area contributed by atoms with Crippen LogP contribution in [-0.4, -0.2) is 12.2 Å². The van der Waals surface area contributed by atoms with Crippen molar-refractivity contribution in [2.75, 3.05) is 7.11 Å². The summed E-state index contributed by atoms with van der Waals surface area (Å²) in [5, 5.41) is 12.7. The normalized spacial score (nSPS) is 12.2. The Balaban J connectivity index is 2.06. The summed E-state index contributed by atoms with van der Waals surface area (Å²) in [6, 6.07) is 8.46. The zero-order chi connectivity index (χ0) is 15.4. The molecular weight excluding hydrogens is 276 g/mol. The summed E-state index contributed by atoms with van der Waals surface area (Å²) in [6.45, 7) is 2.18. The third-order valence-electron chi connectivity index (χ3n) is 3.32. The van der Waals surface area contributed by atoms with Gasteiger partial charge in [-0.15, -0.1) is 0 Å². The predicted molar refractivity (Wildman–Crippen MR) is 76.3 cm³/mol. The highest BCUT2D eigenvalue weighted by Crippen LogP contribution is 2.28. The second-order valence-electron chi connectivity index (χ2n) is 4.77. The van der Waals surface area contributed by atoms with Crippen LogP contribution in [0.4, 0.5) is 8.78 Å². The van der Waals surface area contributed by atoms with E-state index >= 15 is 0 Å². The van der Waals surface area contributed by atoms with Crippen LogP contribution < -0.4 is 10.1 Å². The molecule has 0 saturated carbocycles. The van der Waals surface area contributed by atoms with E-state index in [0.717, 1.165) is 11.6 Å². The molecule has 0 aliphatic heterocycles. The maximum Gasteiger partial charge on any atom is 0.160 e. The molecule has 0 aliphatic carbocycles. The molecule has 1 atom stereocenters. The van der Waals surface area contributed by atoms with Crippen molar-refractivity contribution < 1.29 is 18.6 Å². The van der Waals surface area contributed by atoms with E-state index in [9.17, 15) is 13.9 Å². The minimum atomic E-state index is -0.590. The molecule has 5 heteroatoms. The molecule has 0 bridgehead atoms. The highest BCUT2D eigenvalue weighted by atomic mass is 19.1. The molecular formula is C16H17F2NO2. The van der Waals surface area contributed by atoms with Gasteiger partial charge in [0.15, 0.2) is 11.5 Å². The fourth-order valence-electron chi connectivity index (χ4n) is 2.01. The van der Waals surface area contributed by atoms with Crippen LogP contribution in [0, 0.1) is 11.6 Å². The Bertz CT molecular complexity index is 632. The van der Waals surface area contributed by atoms with Gasteiger partial charge in [-0.3, -0.25) is 0 Å². The number of hydrogen-bond donors (Lipinski definition) is 2. The molecule has 21 heavy (non-hydrogen) atoms. The molecule has 0 aromatic heterocycles. The number of rotatable bonds is 5. The molecule has 0 aliphatic rings. The molecule has 0 radical (unpaired) electrons. The third-order valence-corrected chi connectivity index (χ3v) is 3.32. The van der Waals surface area contributed by atoms with E-state index in [1.807, 2.05) is 6.92 Å². The molecule has 2 N–H and O–H groups in total. The number of benzene rings is 2. The largest absolute Gasteiger partial charge is 0.504 e. The average molecular weight is 293 g/mol. The van der Waals surface area contributed by atoms with E-state index in [4.69, 9.17) is 4.74 Å². The van der Waals surface area contributed by atoms with Gasteiger partial charge in [0.25, 0.3) is 0 Å². The lowest BCUT2D eigenvalue weighted by Crippen LogP contribution is -2.18. The van der Waals surface area contributed by atoms with Gasteiger partial charge in [0.05, 0.1) is 7.11 Å². The van der Waals surface area contributed by atoms with Gasteiger partial charge in [0.2, 0.25) is 0 Å². The summed E-state index contributed by atoms with van der Waals surface area (Å²) in [5.74, 6) is -0.710. The maximum absolute atomic E-state index is 13.5. The molecule has 3 nitrogen and oxygen atoms in total. The van der Waals surface area contributed by atoms with Crippen LogP contribution in [0.5, 0.6) is 11.5 Å². The fraction of sp³-hybridized carbons (Fsp3) is 0.250. The summed E-state index contributed by atoms with van der Waals surface area (Å²) >= 11 is 0. The molecule has 0 spiro atoms. The van der Waals surface area contributed by atoms with Crippen LogP contribution in [0.2, 0.25) is 0 Å². The number of phenolic OH excluding ortho intramolecular Hbond substituents is 1. The van der Waals surface area contributed by atoms with Crippen molar-refractivity contribution in [1.29, 1.82) is 0 Å². The van der Waals surface area contributed by atoms with Crippen LogP contribution in [0.1, 0.15) is 24.1 Å². The Morgan fingerprint density at radius 2 is 1.95 bits per heavy atom. The molecule has 0 amide bonds. The average Bonchev–Trinajstić information content (AvgIpc) is 2.46. The van der Waals surface area contributed by atoms with Gasteiger partial charge in [0.1, 0.15) is 11.6 Å². The molecule has 2 rings (SSSR count). The summed E-state index contributed by atoms with van der Waals surface area (Å²) in [7, 11) is 1.48. The van der Waals surface area contributed by atoms with Gasteiger partial charge < -0.3 is 15.2 Å². The Hall–Kier alpha value is -2.14. The Labute approximate surface area is 122 Å². The maximum atomic E-state index is 13.5. The van der Waals surface area contributed by atoms with Crippen molar-refractivity contribution in [3.05, 3.63) is 59.2 Å². The zero-order valence-electron chi connectivity index (χ0n) is 11.9. The number of methoxy groups -OCH3 is 1. The van der Waals surface area contributed by atoms with Crippen molar-refractivity contribution in [2.24, 2.45) is 0 Å². The highest BCUT2D eigenvalue weighted by molar-refractivity contribution is 5.42. The van der Waals surface area contributed by atoms with Crippen molar-refractivity contribution >= 4 is 0 Å². The molecule has 112 valence electrons. The predicted octanol–water partition coefficient (Wildman–Crippen LogP) is 3.53. The van der Waals surface area contributed by atoms with Crippen LogP contribution in [0.25, 0.3) is 0 Å². The van der Waals surface area contributed by atoms with Crippen LogP contribution in [0.3, 0.4) is 0 Å². The van der Waals surface area contributed by atoms with E-state index in [2.05, 4.69) is 5.32 Å². The molecule has 0 saturated heterocycles. The van der Waals surface area contributed by atoms with Crippen molar-refractivity contribution in [3.8, 4) is 11.5 Å². The molecule has 2 aromatic carbocycles. The number of halogens is 2. The standard InChI is InChI=1S/C16H17F2NO2/c1-10(11-4-6-15(20)16(7-11)21-2)19-9-12-3-5-13(17)8-14(12)18/h3-8,10,19-20H,9H2,1-2H3. The van der Waals surface area contributed by atoms with E-state index in [-0.39, 0.29) is 18.3 Å². The summed E-state index contributed by atoms with van der Waals surface area (Å²) in [5.41, 5.74) is 1.29. The van der Waals surface area contributed by atoms with Gasteiger partial charge in [-0.05, 0) is 30.7 Å². The molecule has 1 unspecified atom stereocenters. The number of aromatic hydroxyl groups is 1. The van der Waals surface area contributed by atoms with E-state index in [1.165, 1.54) is 19.2 Å². The van der Waals surface area contributed by atoms with Crippen molar-refractivity contribution in [3.63, 3.8) is 0 Å². The number of nitrogens with one attached hydrogen (secondary N) is 1. The van der Waals surface area contributed by atoms with Crippen LogP contribution >= 0.6 is 0 Å².